The maximum atomic E-state index is 11.4. The van der Waals surface area contributed by atoms with E-state index in [2.05, 4.69) is 9.97 Å². The lowest BCUT2D eigenvalue weighted by atomic mass is 10.3. The van der Waals surface area contributed by atoms with E-state index in [4.69, 9.17) is 22.1 Å². The van der Waals surface area contributed by atoms with Crippen molar-refractivity contribution < 1.29 is 4.74 Å². The van der Waals surface area contributed by atoms with Crippen LogP contribution in [0, 0.1) is 0 Å². The minimum absolute atomic E-state index is 0.210. The number of aryl methyl sites for hydroxylation is 1. The highest BCUT2D eigenvalue weighted by Crippen LogP contribution is 2.29. The number of anilines is 1. The molecule has 0 atom stereocenters. The van der Waals surface area contributed by atoms with Crippen LogP contribution in [-0.4, -0.2) is 9.97 Å². The van der Waals surface area contributed by atoms with Crippen molar-refractivity contribution in [1.82, 2.24) is 9.97 Å². The number of rotatable bonds is 3. The summed E-state index contributed by atoms with van der Waals surface area (Å²) in [4.78, 5) is 18.1. The molecular weight excluding hydrogens is 254 g/mol. The number of hydrogen-bond acceptors (Lipinski definition) is 4. The zero-order valence-corrected chi connectivity index (χ0v) is 10.5. The van der Waals surface area contributed by atoms with Crippen LogP contribution >= 0.6 is 11.6 Å². The first-order valence-corrected chi connectivity index (χ1v) is 5.79. The standard InChI is InChI=1S/C12H12ClN3O2/c1-2-10-15-11(17)6-12(16-10)18-9-4-3-7(14)5-8(9)13/h3-6H,2,14H2,1H3,(H,15,16,17). The molecule has 0 aliphatic rings. The molecule has 0 bridgehead atoms. The molecule has 94 valence electrons. The van der Waals surface area contributed by atoms with Crippen molar-refractivity contribution in [1.29, 1.82) is 0 Å². The van der Waals surface area contributed by atoms with Gasteiger partial charge in [0.15, 0.2) is 0 Å². The molecule has 0 aliphatic carbocycles. The molecule has 0 spiro atoms. The van der Waals surface area contributed by atoms with E-state index in [9.17, 15) is 4.79 Å². The lowest BCUT2D eigenvalue weighted by Crippen LogP contribution is -2.10. The molecule has 0 radical (unpaired) electrons. The van der Waals surface area contributed by atoms with E-state index in [1.165, 1.54) is 6.07 Å². The third-order valence-electron chi connectivity index (χ3n) is 2.27. The van der Waals surface area contributed by atoms with Gasteiger partial charge in [0.1, 0.15) is 11.6 Å². The third kappa shape index (κ3) is 2.81. The molecule has 0 fully saturated rings. The third-order valence-corrected chi connectivity index (χ3v) is 2.57. The number of aromatic nitrogens is 2. The van der Waals surface area contributed by atoms with Crippen LogP contribution in [0.25, 0.3) is 0 Å². The van der Waals surface area contributed by atoms with E-state index < -0.39 is 0 Å². The maximum absolute atomic E-state index is 11.4. The molecule has 2 aromatic rings. The molecule has 0 saturated carbocycles. The van der Waals surface area contributed by atoms with Gasteiger partial charge in [0.2, 0.25) is 5.88 Å². The van der Waals surface area contributed by atoms with E-state index in [1.807, 2.05) is 6.92 Å². The molecular formula is C12H12ClN3O2. The average molecular weight is 266 g/mol. The largest absolute Gasteiger partial charge is 0.437 e. The monoisotopic (exact) mass is 265 g/mol. The van der Waals surface area contributed by atoms with Crippen LogP contribution in [0.3, 0.4) is 0 Å². The van der Waals surface area contributed by atoms with Crippen LogP contribution in [-0.2, 0) is 6.42 Å². The van der Waals surface area contributed by atoms with E-state index >= 15 is 0 Å². The molecule has 0 aliphatic heterocycles. The SMILES string of the molecule is CCc1nc(Oc2ccc(N)cc2Cl)cc(=O)[nH]1. The van der Waals surface area contributed by atoms with E-state index in [-0.39, 0.29) is 11.4 Å². The molecule has 0 saturated heterocycles. The van der Waals surface area contributed by atoms with Gasteiger partial charge in [-0.2, -0.15) is 4.98 Å². The minimum Gasteiger partial charge on any atom is -0.437 e. The minimum atomic E-state index is -0.261. The van der Waals surface area contributed by atoms with Gasteiger partial charge < -0.3 is 15.5 Å². The number of nitrogens with zero attached hydrogens (tertiary/aromatic N) is 1. The Balaban J connectivity index is 2.33. The Morgan fingerprint density at radius 1 is 1.44 bits per heavy atom. The van der Waals surface area contributed by atoms with Crippen LogP contribution in [0.15, 0.2) is 29.1 Å². The van der Waals surface area contributed by atoms with Crippen molar-refractivity contribution in [2.75, 3.05) is 5.73 Å². The fourth-order valence-corrected chi connectivity index (χ4v) is 1.64. The predicted octanol–water partition coefficient (Wildman–Crippen LogP) is 2.36. The smallest absolute Gasteiger partial charge is 0.254 e. The van der Waals surface area contributed by atoms with Gasteiger partial charge >= 0.3 is 0 Å². The van der Waals surface area contributed by atoms with Crippen molar-refractivity contribution in [3.8, 4) is 11.6 Å². The molecule has 0 unspecified atom stereocenters. The predicted molar refractivity (Wildman–Crippen MR) is 70.2 cm³/mol. The second kappa shape index (κ2) is 5.10. The summed E-state index contributed by atoms with van der Waals surface area (Å²) in [6.45, 7) is 1.89. The quantitative estimate of drug-likeness (QED) is 0.835. The van der Waals surface area contributed by atoms with Crippen molar-refractivity contribution in [2.24, 2.45) is 0 Å². The number of nitrogens with one attached hydrogen (secondary N) is 1. The first-order valence-electron chi connectivity index (χ1n) is 5.41. The normalized spacial score (nSPS) is 10.3. The highest BCUT2D eigenvalue weighted by Gasteiger charge is 2.06. The van der Waals surface area contributed by atoms with Crippen molar-refractivity contribution in [3.05, 3.63) is 45.5 Å². The molecule has 1 aromatic carbocycles. The molecule has 18 heavy (non-hydrogen) atoms. The number of H-pyrrole nitrogens is 1. The van der Waals surface area contributed by atoms with Crippen molar-refractivity contribution in [2.45, 2.75) is 13.3 Å². The Labute approximate surface area is 109 Å². The van der Waals surface area contributed by atoms with Crippen LogP contribution < -0.4 is 16.0 Å². The number of halogens is 1. The molecule has 1 aromatic heterocycles. The Morgan fingerprint density at radius 2 is 2.22 bits per heavy atom. The van der Waals surface area contributed by atoms with E-state index in [0.29, 0.717) is 28.7 Å². The fraction of sp³-hybridized carbons (Fsp3) is 0.167. The first kappa shape index (κ1) is 12.4. The summed E-state index contributed by atoms with van der Waals surface area (Å²) in [7, 11) is 0. The number of ether oxygens (including phenoxy) is 1. The van der Waals surface area contributed by atoms with Crippen molar-refractivity contribution in [3.63, 3.8) is 0 Å². The molecule has 2 rings (SSSR count). The maximum Gasteiger partial charge on any atom is 0.254 e. The number of nitrogen functional groups attached to an aromatic ring is 1. The number of benzene rings is 1. The van der Waals surface area contributed by atoms with Gasteiger partial charge in [0.05, 0.1) is 11.1 Å². The van der Waals surface area contributed by atoms with Crippen LogP contribution in [0.4, 0.5) is 5.69 Å². The topological polar surface area (TPSA) is 81.0 Å². The summed E-state index contributed by atoms with van der Waals surface area (Å²) in [5.74, 6) is 1.18. The van der Waals surface area contributed by atoms with Gasteiger partial charge in [-0.05, 0) is 18.2 Å². The number of hydrogen-bond donors (Lipinski definition) is 2. The van der Waals surface area contributed by atoms with Gasteiger partial charge in [-0.3, -0.25) is 4.79 Å². The summed E-state index contributed by atoms with van der Waals surface area (Å²) >= 11 is 5.97. The lowest BCUT2D eigenvalue weighted by molar-refractivity contribution is 0.458. The van der Waals surface area contributed by atoms with Gasteiger partial charge in [0.25, 0.3) is 5.56 Å². The van der Waals surface area contributed by atoms with Crippen LogP contribution in [0.2, 0.25) is 5.02 Å². The lowest BCUT2D eigenvalue weighted by Gasteiger charge is -2.07. The summed E-state index contributed by atoms with van der Waals surface area (Å²) in [6.07, 6.45) is 0.613. The summed E-state index contributed by atoms with van der Waals surface area (Å²) in [5, 5.41) is 0.370. The number of nitrogens with two attached hydrogens (primary N) is 1. The Bertz CT molecular complexity index is 625. The molecule has 6 heteroatoms. The van der Waals surface area contributed by atoms with Crippen LogP contribution in [0.1, 0.15) is 12.7 Å². The summed E-state index contributed by atoms with van der Waals surface area (Å²) < 4.78 is 5.47. The zero-order chi connectivity index (χ0) is 13.1. The van der Waals surface area contributed by atoms with Crippen molar-refractivity contribution >= 4 is 17.3 Å². The Hall–Kier alpha value is -2.01. The first-order chi connectivity index (χ1) is 8.58. The summed E-state index contributed by atoms with van der Waals surface area (Å²) in [6, 6.07) is 6.14. The van der Waals surface area contributed by atoms with Crippen LogP contribution in [0.5, 0.6) is 11.6 Å². The van der Waals surface area contributed by atoms with E-state index in [0.717, 1.165) is 0 Å². The molecule has 0 amide bonds. The van der Waals surface area contributed by atoms with E-state index in [1.54, 1.807) is 18.2 Å². The molecule has 5 nitrogen and oxygen atoms in total. The summed E-state index contributed by atoms with van der Waals surface area (Å²) in [5.41, 5.74) is 5.86. The highest BCUT2D eigenvalue weighted by atomic mass is 35.5. The average Bonchev–Trinajstić information content (AvgIpc) is 2.32. The Kier molecular flexibility index (Phi) is 3.53. The number of aromatic amines is 1. The zero-order valence-electron chi connectivity index (χ0n) is 9.74. The Morgan fingerprint density at radius 3 is 2.89 bits per heavy atom. The fourth-order valence-electron chi connectivity index (χ4n) is 1.42. The van der Waals surface area contributed by atoms with Gasteiger partial charge in [-0.25, -0.2) is 0 Å². The van der Waals surface area contributed by atoms with Gasteiger partial charge in [0, 0.05) is 12.1 Å². The highest BCUT2D eigenvalue weighted by molar-refractivity contribution is 6.32. The van der Waals surface area contributed by atoms with Gasteiger partial charge in [-0.1, -0.05) is 18.5 Å². The second-order valence-corrected chi connectivity index (χ2v) is 4.08. The molecule has 3 N–H and O–H groups in total. The van der Waals surface area contributed by atoms with Gasteiger partial charge in [-0.15, -0.1) is 0 Å². The second-order valence-electron chi connectivity index (χ2n) is 3.68. The molecule has 1 heterocycles.